The maximum atomic E-state index is 12.7. The molecule has 146 valence electrons. The van der Waals surface area contributed by atoms with Gasteiger partial charge in [-0.1, -0.05) is 23.7 Å². The Labute approximate surface area is 164 Å². The maximum Gasteiger partial charge on any atom is 0.225 e. The first kappa shape index (κ1) is 19.7. The van der Waals surface area contributed by atoms with Crippen LogP contribution in [0.5, 0.6) is 0 Å². The summed E-state index contributed by atoms with van der Waals surface area (Å²) in [4.78, 5) is 39.4. The Balaban J connectivity index is 1.41. The third-order valence-electron chi connectivity index (χ3n) is 5.60. The standard InChI is InChI=1S/C20H26ClN3O3/c21-18-7-1-15(2-8-18)13-22-19(26)16-3-5-17(6-4-16)20(27)24-11-9-23(14-25)10-12-24/h1-2,7-8,14,16-17H,3-6,9-13H2,(H,22,26). The normalized spacial score (nSPS) is 23.0. The number of halogens is 1. The van der Waals surface area contributed by atoms with E-state index in [0.717, 1.165) is 37.7 Å². The second kappa shape index (κ2) is 9.22. The van der Waals surface area contributed by atoms with Gasteiger partial charge in [0.25, 0.3) is 0 Å². The molecule has 1 saturated carbocycles. The van der Waals surface area contributed by atoms with Gasteiger partial charge in [-0.25, -0.2) is 0 Å². The van der Waals surface area contributed by atoms with E-state index in [9.17, 15) is 14.4 Å². The van der Waals surface area contributed by atoms with E-state index < -0.39 is 0 Å². The Morgan fingerprint density at radius 1 is 1.00 bits per heavy atom. The molecule has 7 heteroatoms. The van der Waals surface area contributed by atoms with E-state index in [1.165, 1.54) is 0 Å². The Morgan fingerprint density at radius 2 is 1.59 bits per heavy atom. The van der Waals surface area contributed by atoms with Gasteiger partial charge in [0, 0.05) is 49.6 Å². The average Bonchev–Trinajstić information content (AvgIpc) is 2.73. The van der Waals surface area contributed by atoms with Crippen molar-refractivity contribution < 1.29 is 14.4 Å². The molecule has 2 fully saturated rings. The number of carbonyl (C=O) groups excluding carboxylic acids is 3. The molecule has 2 aliphatic rings. The molecular formula is C20H26ClN3O3. The molecule has 27 heavy (non-hydrogen) atoms. The fourth-order valence-electron chi connectivity index (χ4n) is 3.84. The number of amides is 3. The van der Waals surface area contributed by atoms with Crippen LogP contribution in [0, 0.1) is 11.8 Å². The quantitative estimate of drug-likeness (QED) is 0.781. The van der Waals surface area contributed by atoms with E-state index in [2.05, 4.69) is 5.32 Å². The molecule has 0 atom stereocenters. The van der Waals surface area contributed by atoms with Gasteiger partial charge in [0.2, 0.25) is 18.2 Å². The largest absolute Gasteiger partial charge is 0.352 e. The molecule has 0 radical (unpaired) electrons. The Hall–Kier alpha value is -2.08. The first-order valence-electron chi connectivity index (χ1n) is 9.57. The summed E-state index contributed by atoms with van der Waals surface area (Å²) in [6.07, 6.45) is 3.85. The van der Waals surface area contributed by atoms with Crippen LogP contribution in [0.2, 0.25) is 5.02 Å². The number of nitrogens with zero attached hydrogens (tertiary/aromatic N) is 2. The number of rotatable bonds is 5. The monoisotopic (exact) mass is 391 g/mol. The molecule has 1 aromatic carbocycles. The lowest BCUT2D eigenvalue weighted by Gasteiger charge is -2.36. The highest BCUT2D eigenvalue weighted by molar-refractivity contribution is 6.30. The third kappa shape index (κ3) is 5.22. The summed E-state index contributed by atoms with van der Waals surface area (Å²) in [6.45, 7) is 2.93. The van der Waals surface area contributed by atoms with Crippen LogP contribution in [0.1, 0.15) is 31.2 Å². The fraction of sp³-hybridized carbons (Fsp3) is 0.550. The molecule has 0 aromatic heterocycles. The highest BCUT2D eigenvalue weighted by Gasteiger charge is 2.33. The first-order chi connectivity index (χ1) is 13.1. The SMILES string of the molecule is O=CN1CCN(C(=O)C2CCC(C(=O)NCc3ccc(Cl)cc3)CC2)CC1. The van der Waals surface area contributed by atoms with Crippen LogP contribution >= 0.6 is 11.6 Å². The van der Waals surface area contributed by atoms with Crippen LogP contribution in [0.15, 0.2) is 24.3 Å². The zero-order valence-corrected chi connectivity index (χ0v) is 16.2. The zero-order valence-electron chi connectivity index (χ0n) is 15.4. The molecule has 1 aliphatic heterocycles. The van der Waals surface area contributed by atoms with E-state index in [0.29, 0.717) is 37.7 Å². The van der Waals surface area contributed by atoms with Crippen molar-refractivity contribution in [3.8, 4) is 0 Å². The first-order valence-corrected chi connectivity index (χ1v) is 9.95. The predicted octanol–water partition coefficient (Wildman–Crippen LogP) is 2.06. The van der Waals surface area contributed by atoms with Crippen molar-refractivity contribution in [2.24, 2.45) is 11.8 Å². The van der Waals surface area contributed by atoms with Gasteiger partial charge in [0.1, 0.15) is 0 Å². The van der Waals surface area contributed by atoms with E-state index in [-0.39, 0.29) is 23.7 Å². The van der Waals surface area contributed by atoms with Gasteiger partial charge in [-0.2, -0.15) is 0 Å². The van der Waals surface area contributed by atoms with Crippen molar-refractivity contribution in [3.05, 3.63) is 34.9 Å². The molecule has 1 heterocycles. The summed E-state index contributed by atoms with van der Waals surface area (Å²) in [5, 5.41) is 3.67. The molecular weight excluding hydrogens is 366 g/mol. The molecule has 6 nitrogen and oxygen atoms in total. The number of carbonyl (C=O) groups is 3. The van der Waals surface area contributed by atoms with E-state index >= 15 is 0 Å². The lowest BCUT2D eigenvalue weighted by Crippen LogP contribution is -2.50. The van der Waals surface area contributed by atoms with Crippen LogP contribution in [-0.2, 0) is 20.9 Å². The van der Waals surface area contributed by atoms with Crippen molar-refractivity contribution in [2.75, 3.05) is 26.2 Å². The van der Waals surface area contributed by atoms with Crippen LogP contribution in [0.25, 0.3) is 0 Å². The minimum absolute atomic E-state index is 0.00750. The van der Waals surface area contributed by atoms with Gasteiger partial charge in [-0.05, 0) is 43.4 Å². The van der Waals surface area contributed by atoms with Crippen LogP contribution in [-0.4, -0.2) is 54.2 Å². The molecule has 0 unspecified atom stereocenters. The molecule has 3 rings (SSSR count). The minimum Gasteiger partial charge on any atom is -0.352 e. The third-order valence-corrected chi connectivity index (χ3v) is 5.85. The summed E-state index contributed by atoms with van der Waals surface area (Å²) in [6, 6.07) is 7.44. The van der Waals surface area contributed by atoms with Gasteiger partial charge < -0.3 is 15.1 Å². The number of nitrogens with one attached hydrogen (secondary N) is 1. The van der Waals surface area contributed by atoms with Crippen molar-refractivity contribution in [2.45, 2.75) is 32.2 Å². The minimum atomic E-state index is -0.0201. The van der Waals surface area contributed by atoms with Gasteiger partial charge in [-0.15, -0.1) is 0 Å². The molecule has 3 amide bonds. The summed E-state index contributed by atoms with van der Waals surface area (Å²) >= 11 is 5.87. The van der Waals surface area contributed by atoms with Crippen molar-refractivity contribution in [3.63, 3.8) is 0 Å². The average molecular weight is 392 g/mol. The van der Waals surface area contributed by atoms with Crippen LogP contribution in [0.4, 0.5) is 0 Å². The molecule has 1 N–H and O–H groups in total. The molecule has 0 bridgehead atoms. The summed E-state index contributed by atoms with van der Waals surface area (Å²) in [7, 11) is 0. The maximum absolute atomic E-state index is 12.7. The Kier molecular flexibility index (Phi) is 6.72. The Morgan fingerprint density at radius 3 is 2.19 bits per heavy atom. The fourth-order valence-corrected chi connectivity index (χ4v) is 3.97. The van der Waals surface area contributed by atoms with Gasteiger partial charge in [0.15, 0.2) is 0 Å². The summed E-state index contributed by atoms with van der Waals surface area (Å²) < 4.78 is 0. The van der Waals surface area contributed by atoms with Crippen molar-refractivity contribution in [1.82, 2.24) is 15.1 Å². The van der Waals surface area contributed by atoms with Gasteiger partial charge >= 0.3 is 0 Å². The van der Waals surface area contributed by atoms with E-state index in [1.54, 1.807) is 4.90 Å². The van der Waals surface area contributed by atoms with Crippen LogP contribution in [0.3, 0.4) is 0 Å². The lowest BCUT2D eigenvalue weighted by molar-refractivity contribution is -0.141. The number of hydrogen-bond donors (Lipinski definition) is 1. The molecule has 1 aliphatic carbocycles. The Bertz CT molecular complexity index is 664. The van der Waals surface area contributed by atoms with Gasteiger partial charge in [-0.3, -0.25) is 14.4 Å². The number of piperazine rings is 1. The smallest absolute Gasteiger partial charge is 0.225 e. The topological polar surface area (TPSA) is 69.7 Å². The van der Waals surface area contributed by atoms with Crippen molar-refractivity contribution in [1.29, 1.82) is 0 Å². The summed E-state index contributed by atoms with van der Waals surface area (Å²) in [5.41, 5.74) is 1.02. The molecule has 1 saturated heterocycles. The number of benzene rings is 1. The highest BCUT2D eigenvalue weighted by atomic mass is 35.5. The van der Waals surface area contributed by atoms with Gasteiger partial charge in [0.05, 0.1) is 0 Å². The molecule has 1 aromatic rings. The second-order valence-corrected chi connectivity index (χ2v) is 7.80. The van der Waals surface area contributed by atoms with E-state index in [4.69, 9.17) is 11.6 Å². The van der Waals surface area contributed by atoms with E-state index in [1.807, 2.05) is 29.2 Å². The number of hydrogen-bond acceptors (Lipinski definition) is 3. The molecule has 0 spiro atoms. The zero-order chi connectivity index (χ0) is 19.2. The summed E-state index contributed by atoms with van der Waals surface area (Å²) in [5.74, 6) is 0.234. The highest BCUT2D eigenvalue weighted by Crippen LogP contribution is 2.30. The predicted molar refractivity (Wildman–Crippen MR) is 103 cm³/mol. The van der Waals surface area contributed by atoms with Crippen molar-refractivity contribution >= 4 is 29.8 Å². The van der Waals surface area contributed by atoms with Crippen LogP contribution < -0.4 is 5.32 Å². The lowest BCUT2D eigenvalue weighted by atomic mass is 9.80. The second-order valence-electron chi connectivity index (χ2n) is 7.36.